The molecule has 6 nitrogen and oxygen atoms in total. The van der Waals surface area contributed by atoms with E-state index in [2.05, 4.69) is 15.9 Å². The number of fused-ring (bicyclic) bond motifs is 1. The molecule has 0 bridgehead atoms. The Morgan fingerprint density at radius 3 is 2.38 bits per heavy atom. The van der Waals surface area contributed by atoms with Gasteiger partial charge in [-0.05, 0) is 51.8 Å². The van der Waals surface area contributed by atoms with Crippen LogP contribution in [0.1, 0.15) is 21.7 Å². The number of carbonyl (C=O) groups excluding carboxylic acids is 1. The predicted molar refractivity (Wildman–Crippen MR) is 124 cm³/mol. The molecule has 164 valence electrons. The molecular weight excluding hydrogens is 499 g/mol. The molecule has 0 atom stereocenters. The van der Waals surface area contributed by atoms with E-state index in [1.54, 1.807) is 42.5 Å². The van der Waals surface area contributed by atoms with Crippen LogP contribution >= 0.6 is 15.9 Å². The molecule has 0 radical (unpaired) electrons. The number of rotatable bonds is 6. The summed E-state index contributed by atoms with van der Waals surface area (Å²) in [4.78, 5) is 12.3. The Labute approximate surface area is 192 Å². The second-order valence-electron chi connectivity index (χ2n) is 7.15. The molecule has 32 heavy (non-hydrogen) atoms. The van der Waals surface area contributed by atoms with Crippen molar-refractivity contribution in [2.45, 2.75) is 11.3 Å². The molecule has 0 aliphatic carbocycles. The number of carbonyl (C=O) groups is 1. The molecule has 1 heterocycles. The van der Waals surface area contributed by atoms with Crippen LogP contribution in [0.15, 0.2) is 80.5 Å². The number of hydrogen-bond acceptors (Lipinski definition) is 4. The SMILES string of the molecule is CN(c1cc2oc(Cc3ccc(F)cc3)c(C(N)=O)c2cc1Br)S(=O)(=O)c1ccccc1. The minimum Gasteiger partial charge on any atom is -0.460 e. The minimum absolute atomic E-state index is 0.142. The molecular formula is C23H18BrFN2O4S. The summed E-state index contributed by atoms with van der Waals surface area (Å²) in [6.07, 6.45) is 0.221. The molecule has 4 aromatic rings. The fraction of sp³-hybridized carbons (Fsp3) is 0.0870. The summed E-state index contributed by atoms with van der Waals surface area (Å²) >= 11 is 3.41. The molecule has 4 rings (SSSR count). The Morgan fingerprint density at radius 1 is 1.09 bits per heavy atom. The van der Waals surface area contributed by atoms with Crippen LogP contribution in [0.25, 0.3) is 11.0 Å². The average Bonchev–Trinajstić information content (AvgIpc) is 3.11. The van der Waals surface area contributed by atoms with Crippen molar-refractivity contribution in [1.29, 1.82) is 0 Å². The molecule has 3 aromatic carbocycles. The van der Waals surface area contributed by atoms with Gasteiger partial charge in [0, 0.05) is 29.4 Å². The predicted octanol–water partition coefficient (Wildman–Crippen LogP) is 4.85. The van der Waals surface area contributed by atoms with Gasteiger partial charge >= 0.3 is 0 Å². The van der Waals surface area contributed by atoms with Gasteiger partial charge in [-0.3, -0.25) is 9.10 Å². The second-order valence-corrected chi connectivity index (χ2v) is 9.98. The Bertz CT molecular complexity index is 1420. The normalized spacial score (nSPS) is 11.6. The molecule has 9 heteroatoms. The molecule has 0 saturated carbocycles. The van der Waals surface area contributed by atoms with Crippen molar-refractivity contribution < 1.29 is 22.0 Å². The van der Waals surface area contributed by atoms with Gasteiger partial charge in [0.05, 0.1) is 16.1 Å². The van der Waals surface area contributed by atoms with Crippen molar-refractivity contribution in [2.24, 2.45) is 5.73 Å². The zero-order chi connectivity index (χ0) is 23.0. The Balaban J connectivity index is 1.81. The number of nitrogens with two attached hydrogens (primary N) is 1. The van der Waals surface area contributed by atoms with Crippen LogP contribution in [0.5, 0.6) is 0 Å². The van der Waals surface area contributed by atoms with Gasteiger partial charge in [0.15, 0.2) is 0 Å². The minimum atomic E-state index is -3.82. The number of amides is 1. The molecule has 0 spiro atoms. The van der Waals surface area contributed by atoms with Crippen molar-refractivity contribution in [3.63, 3.8) is 0 Å². The second kappa shape index (κ2) is 8.40. The fourth-order valence-corrected chi connectivity index (χ4v) is 5.41. The van der Waals surface area contributed by atoms with Gasteiger partial charge in [-0.25, -0.2) is 12.8 Å². The highest BCUT2D eigenvalue weighted by molar-refractivity contribution is 9.10. The van der Waals surface area contributed by atoms with Crippen molar-refractivity contribution >= 4 is 48.5 Å². The van der Waals surface area contributed by atoms with E-state index in [-0.39, 0.29) is 22.7 Å². The lowest BCUT2D eigenvalue weighted by Gasteiger charge is -2.20. The Hall–Kier alpha value is -3.17. The Morgan fingerprint density at radius 2 is 1.75 bits per heavy atom. The van der Waals surface area contributed by atoms with Gasteiger partial charge in [0.2, 0.25) is 0 Å². The molecule has 2 N–H and O–H groups in total. The number of hydrogen-bond donors (Lipinski definition) is 1. The maximum atomic E-state index is 13.2. The van der Waals surface area contributed by atoms with E-state index in [0.717, 1.165) is 9.87 Å². The lowest BCUT2D eigenvalue weighted by molar-refractivity contribution is 0.1000. The molecule has 0 unspecified atom stereocenters. The largest absolute Gasteiger partial charge is 0.460 e. The fourth-order valence-electron chi connectivity index (χ4n) is 3.46. The number of furan rings is 1. The third-order valence-corrected chi connectivity index (χ3v) is 7.52. The van der Waals surface area contributed by atoms with Gasteiger partial charge in [0.25, 0.3) is 15.9 Å². The smallest absolute Gasteiger partial charge is 0.264 e. The highest BCUT2D eigenvalue weighted by atomic mass is 79.9. The van der Waals surface area contributed by atoms with Crippen LogP contribution in [0.2, 0.25) is 0 Å². The van der Waals surface area contributed by atoms with E-state index in [1.165, 1.54) is 31.3 Å². The van der Waals surface area contributed by atoms with E-state index in [4.69, 9.17) is 10.2 Å². The number of nitrogens with zero attached hydrogens (tertiary/aromatic N) is 1. The number of primary amides is 1. The number of benzene rings is 3. The summed E-state index contributed by atoms with van der Waals surface area (Å²) in [5.41, 5.74) is 7.19. The van der Waals surface area contributed by atoms with E-state index >= 15 is 0 Å². The monoisotopic (exact) mass is 516 g/mol. The van der Waals surface area contributed by atoms with Crippen LogP contribution in [0, 0.1) is 5.82 Å². The van der Waals surface area contributed by atoms with Crippen LogP contribution in [0.3, 0.4) is 0 Å². The van der Waals surface area contributed by atoms with E-state index in [0.29, 0.717) is 26.9 Å². The van der Waals surface area contributed by atoms with Crippen molar-refractivity contribution in [3.05, 3.63) is 93.9 Å². The summed E-state index contributed by atoms with van der Waals surface area (Å²) in [7, 11) is -2.38. The zero-order valence-corrected chi connectivity index (χ0v) is 19.3. The topological polar surface area (TPSA) is 93.6 Å². The average molecular weight is 517 g/mol. The molecule has 0 fully saturated rings. The highest BCUT2D eigenvalue weighted by Crippen LogP contribution is 2.37. The van der Waals surface area contributed by atoms with Crippen LogP contribution in [-0.4, -0.2) is 21.4 Å². The van der Waals surface area contributed by atoms with E-state index in [1.807, 2.05) is 0 Å². The van der Waals surface area contributed by atoms with Gasteiger partial charge < -0.3 is 10.2 Å². The molecule has 1 amide bonds. The molecule has 0 aliphatic rings. The lowest BCUT2D eigenvalue weighted by atomic mass is 10.0. The first-order valence-electron chi connectivity index (χ1n) is 9.51. The number of sulfonamides is 1. The molecule has 0 saturated heterocycles. The van der Waals surface area contributed by atoms with Gasteiger partial charge in [-0.2, -0.15) is 0 Å². The maximum Gasteiger partial charge on any atom is 0.264 e. The van der Waals surface area contributed by atoms with Crippen molar-refractivity contribution in [3.8, 4) is 0 Å². The first-order chi connectivity index (χ1) is 15.2. The third-order valence-electron chi connectivity index (χ3n) is 5.10. The van der Waals surface area contributed by atoms with Crippen molar-refractivity contribution in [1.82, 2.24) is 0 Å². The molecule has 1 aromatic heterocycles. The number of halogens is 2. The summed E-state index contributed by atoms with van der Waals surface area (Å²) in [5.74, 6) is -0.729. The summed E-state index contributed by atoms with van der Waals surface area (Å²) in [5, 5.41) is 0.454. The first kappa shape index (κ1) is 22.0. The van der Waals surface area contributed by atoms with E-state index in [9.17, 15) is 17.6 Å². The van der Waals surface area contributed by atoms with Crippen LogP contribution < -0.4 is 10.0 Å². The quantitative estimate of drug-likeness (QED) is 0.396. The number of anilines is 1. The van der Waals surface area contributed by atoms with Crippen LogP contribution in [-0.2, 0) is 16.4 Å². The third kappa shape index (κ3) is 4.01. The Kier molecular flexibility index (Phi) is 5.79. The van der Waals surface area contributed by atoms with Gasteiger partial charge in [0.1, 0.15) is 17.2 Å². The van der Waals surface area contributed by atoms with Gasteiger partial charge in [-0.15, -0.1) is 0 Å². The van der Waals surface area contributed by atoms with Crippen LogP contribution in [0.4, 0.5) is 10.1 Å². The summed E-state index contributed by atoms with van der Waals surface area (Å²) in [6, 6.07) is 17.0. The lowest BCUT2D eigenvalue weighted by Crippen LogP contribution is -2.26. The first-order valence-corrected chi connectivity index (χ1v) is 11.7. The van der Waals surface area contributed by atoms with Gasteiger partial charge in [-0.1, -0.05) is 30.3 Å². The zero-order valence-electron chi connectivity index (χ0n) is 16.9. The maximum absolute atomic E-state index is 13.2. The summed E-state index contributed by atoms with van der Waals surface area (Å²) in [6.45, 7) is 0. The van der Waals surface area contributed by atoms with Crippen molar-refractivity contribution in [2.75, 3.05) is 11.4 Å². The van der Waals surface area contributed by atoms with E-state index < -0.39 is 15.9 Å². The highest BCUT2D eigenvalue weighted by Gasteiger charge is 2.26. The molecule has 0 aliphatic heterocycles. The standard InChI is InChI=1S/C23H18BrFN2O4S/c1-27(32(29,30)16-5-3-2-4-6-16)19-13-20-17(12-18(19)24)22(23(26)28)21(31-20)11-14-7-9-15(25)10-8-14/h2-10,12-13H,11H2,1H3,(H2,26,28). The summed E-state index contributed by atoms with van der Waals surface area (Å²) < 4.78 is 46.8.